The van der Waals surface area contributed by atoms with E-state index in [4.69, 9.17) is 4.98 Å². The minimum atomic E-state index is -2.11. The van der Waals surface area contributed by atoms with E-state index in [-0.39, 0.29) is 0 Å². The number of benzene rings is 6. The van der Waals surface area contributed by atoms with Crippen LogP contribution in [0.1, 0.15) is 0 Å². The summed E-state index contributed by atoms with van der Waals surface area (Å²) < 4.78 is 0. The molecule has 0 unspecified atom stereocenters. The first-order chi connectivity index (χ1) is 20.8. The van der Waals surface area contributed by atoms with Crippen molar-refractivity contribution >= 4 is 86.4 Å². The van der Waals surface area contributed by atoms with Gasteiger partial charge >= 0.3 is 0 Å². The average Bonchev–Trinajstić information content (AvgIpc) is 3.03. The molecule has 1 aromatic heterocycles. The molecular weight excluding hydrogens is 553 g/mol. The molecule has 0 spiro atoms. The fraction of sp³-hybridized carbons (Fsp3) is 0.103. The standard InChI is InChI=1S/C39H32N2Si2/c1-42(2)35-21-28-14-7-5-12-26(28)19-33(35)41-34-20-27-13-6-8-15-29(27)22-36(34)43(3,4)38-24-30(23-37(42)39(38)41)32-18-17-25-11-9-10-16-31(25)40-32/h5-24H,1-4H3. The summed E-state index contributed by atoms with van der Waals surface area (Å²) in [6, 6.07) is 45.5. The molecule has 7 aromatic rings. The monoisotopic (exact) mass is 584 g/mol. The second kappa shape index (κ2) is 8.53. The minimum absolute atomic E-state index is 1.05. The third kappa shape index (κ3) is 3.42. The van der Waals surface area contributed by atoms with Crippen molar-refractivity contribution in [2.75, 3.05) is 4.90 Å². The van der Waals surface area contributed by atoms with Crippen LogP contribution < -0.4 is 25.6 Å². The number of anilines is 3. The summed E-state index contributed by atoms with van der Waals surface area (Å²) in [4.78, 5) is 7.83. The summed E-state index contributed by atoms with van der Waals surface area (Å²) in [7, 11) is -4.21. The van der Waals surface area contributed by atoms with Crippen LogP contribution in [-0.2, 0) is 0 Å². The van der Waals surface area contributed by atoms with Crippen LogP contribution in [0, 0.1) is 0 Å². The van der Waals surface area contributed by atoms with Crippen LogP contribution in [-0.4, -0.2) is 21.1 Å². The van der Waals surface area contributed by atoms with Gasteiger partial charge in [-0.15, -0.1) is 0 Å². The third-order valence-corrected chi connectivity index (χ3v) is 17.1. The lowest BCUT2D eigenvalue weighted by Gasteiger charge is -2.49. The van der Waals surface area contributed by atoms with Gasteiger partial charge in [0.2, 0.25) is 0 Å². The highest BCUT2D eigenvalue weighted by molar-refractivity contribution is 7.07. The zero-order valence-corrected chi connectivity index (χ0v) is 26.9. The number of fused-ring (bicyclic) bond motifs is 7. The molecule has 2 aliphatic rings. The van der Waals surface area contributed by atoms with Crippen molar-refractivity contribution in [2.24, 2.45) is 0 Å². The van der Waals surface area contributed by atoms with Crippen LogP contribution in [0.5, 0.6) is 0 Å². The smallest absolute Gasteiger partial charge is 0.117 e. The molecule has 43 heavy (non-hydrogen) atoms. The van der Waals surface area contributed by atoms with Gasteiger partial charge in [-0.3, -0.25) is 0 Å². The Kier molecular flexibility index (Phi) is 4.96. The molecule has 0 saturated carbocycles. The highest BCUT2D eigenvalue weighted by atomic mass is 28.3. The van der Waals surface area contributed by atoms with E-state index in [9.17, 15) is 0 Å². The lowest BCUT2D eigenvalue weighted by Crippen LogP contribution is -2.66. The van der Waals surface area contributed by atoms with E-state index in [2.05, 4.69) is 152 Å². The molecule has 4 heteroatoms. The molecule has 0 fully saturated rings. The van der Waals surface area contributed by atoms with Gasteiger partial charge in [0.05, 0.1) is 11.2 Å². The SMILES string of the molecule is C[Si]1(C)c2cc3ccccc3cc2N2c3cc4ccccc4cc3[Si](C)(C)c3cc(-c4ccc5ccccc5n4)cc1c32. The number of hydrogen-bond acceptors (Lipinski definition) is 2. The summed E-state index contributed by atoms with van der Waals surface area (Å²) in [6.45, 7) is 10.2. The van der Waals surface area contributed by atoms with Crippen LogP contribution in [0.2, 0.25) is 26.2 Å². The van der Waals surface area contributed by atoms with E-state index in [0.717, 1.165) is 11.2 Å². The zero-order chi connectivity index (χ0) is 29.1. The Labute approximate surface area is 254 Å². The molecular formula is C39H32N2Si2. The summed E-state index contributed by atoms with van der Waals surface area (Å²) in [6.07, 6.45) is 0. The Morgan fingerprint density at radius 1 is 0.465 bits per heavy atom. The minimum Gasteiger partial charge on any atom is -0.311 e. The molecule has 0 atom stereocenters. The highest BCUT2D eigenvalue weighted by Crippen LogP contribution is 2.44. The van der Waals surface area contributed by atoms with E-state index >= 15 is 0 Å². The molecule has 3 heterocycles. The van der Waals surface area contributed by atoms with Gasteiger partial charge in [0.1, 0.15) is 16.1 Å². The maximum Gasteiger partial charge on any atom is 0.117 e. The van der Waals surface area contributed by atoms with Gasteiger partial charge in [-0.25, -0.2) is 4.98 Å². The molecule has 0 bridgehead atoms. The molecule has 6 aromatic carbocycles. The summed E-state index contributed by atoms with van der Waals surface area (Å²) in [5.41, 5.74) is 7.53. The molecule has 0 amide bonds. The Balaban J connectivity index is 1.41. The second-order valence-corrected chi connectivity index (χ2v) is 22.0. The van der Waals surface area contributed by atoms with Crippen LogP contribution in [0.3, 0.4) is 0 Å². The van der Waals surface area contributed by atoms with Gasteiger partial charge in [-0.1, -0.05) is 123 Å². The summed E-state index contributed by atoms with van der Waals surface area (Å²) in [5, 5.41) is 12.5. The molecule has 2 nitrogen and oxygen atoms in total. The van der Waals surface area contributed by atoms with Crippen LogP contribution in [0.15, 0.2) is 121 Å². The fourth-order valence-corrected chi connectivity index (χ4v) is 13.8. The Morgan fingerprint density at radius 2 is 0.930 bits per heavy atom. The lowest BCUT2D eigenvalue weighted by molar-refractivity contribution is 1.29. The third-order valence-electron chi connectivity index (χ3n) is 10.1. The fourth-order valence-electron chi connectivity index (χ4n) is 7.69. The molecule has 0 N–H and O–H groups in total. The quantitative estimate of drug-likeness (QED) is 0.182. The van der Waals surface area contributed by atoms with Gasteiger partial charge in [-0.2, -0.15) is 0 Å². The maximum absolute atomic E-state index is 5.19. The van der Waals surface area contributed by atoms with E-state index in [1.807, 2.05) is 0 Å². The first-order valence-electron chi connectivity index (χ1n) is 15.2. The van der Waals surface area contributed by atoms with Crippen molar-refractivity contribution in [2.45, 2.75) is 26.2 Å². The van der Waals surface area contributed by atoms with E-state index in [1.165, 1.54) is 70.3 Å². The lowest BCUT2D eigenvalue weighted by atomic mass is 10.0. The van der Waals surface area contributed by atoms with Crippen molar-refractivity contribution in [3.63, 3.8) is 0 Å². The first kappa shape index (κ1) is 25.0. The summed E-state index contributed by atoms with van der Waals surface area (Å²) >= 11 is 0. The van der Waals surface area contributed by atoms with Gasteiger partial charge < -0.3 is 4.90 Å². The number of rotatable bonds is 1. The first-order valence-corrected chi connectivity index (χ1v) is 21.2. The molecule has 0 aliphatic carbocycles. The number of nitrogens with zero attached hydrogens (tertiary/aromatic N) is 2. The van der Waals surface area contributed by atoms with Crippen LogP contribution in [0.25, 0.3) is 43.7 Å². The van der Waals surface area contributed by atoms with Crippen LogP contribution in [0.4, 0.5) is 17.1 Å². The molecule has 0 radical (unpaired) electrons. The van der Waals surface area contributed by atoms with Gasteiger partial charge in [0.15, 0.2) is 0 Å². The average molecular weight is 585 g/mol. The number of para-hydroxylation sites is 1. The van der Waals surface area contributed by atoms with Crippen LogP contribution >= 0.6 is 0 Å². The number of pyridine rings is 1. The largest absolute Gasteiger partial charge is 0.311 e. The van der Waals surface area contributed by atoms with E-state index in [0.29, 0.717) is 0 Å². The number of aromatic nitrogens is 1. The van der Waals surface area contributed by atoms with Crippen molar-refractivity contribution in [3.8, 4) is 11.3 Å². The van der Waals surface area contributed by atoms with Crippen molar-refractivity contribution < 1.29 is 0 Å². The Bertz CT molecular complexity index is 2200. The topological polar surface area (TPSA) is 16.1 Å². The summed E-state index contributed by atoms with van der Waals surface area (Å²) in [5.74, 6) is 0. The van der Waals surface area contributed by atoms with E-state index < -0.39 is 16.1 Å². The number of hydrogen-bond donors (Lipinski definition) is 0. The molecule has 0 saturated heterocycles. The Hall–Kier alpha value is -4.52. The normalized spacial score (nSPS) is 15.8. The molecule has 206 valence electrons. The van der Waals surface area contributed by atoms with Crippen molar-refractivity contribution in [1.29, 1.82) is 0 Å². The second-order valence-electron chi connectivity index (χ2n) is 13.3. The van der Waals surface area contributed by atoms with Crippen molar-refractivity contribution in [1.82, 2.24) is 4.98 Å². The van der Waals surface area contributed by atoms with Gasteiger partial charge in [-0.05, 0) is 66.6 Å². The zero-order valence-electron chi connectivity index (χ0n) is 24.9. The van der Waals surface area contributed by atoms with Crippen molar-refractivity contribution in [3.05, 3.63) is 121 Å². The predicted molar refractivity (Wildman–Crippen MR) is 190 cm³/mol. The maximum atomic E-state index is 5.19. The molecule has 2 aliphatic heterocycles. The predicted octanol–water partition coefficient (Wildman–Crippen LogP) is 7.95. The Morgan fingerprint density at radius 3 is 1.47 bits per heavy atom. The molecule has 9 rings (SSSR count). The van der Waals surface area contributed by atoms with E-state index in [1.54, 1.807) is 0 Å². The van der Waals surface area contributed by atoms with Gasteiger partial charge in [0.25, 0.3) is 0 Å². The highest BCUT2D eigenvalue weighted by Gasteiger charge is 2.47. The van der Waals surface area contributed by atoms with Gasteiger partial charge in [0, 0.05) is 28.0 Å².